The number of amides is 1. The molecule has 0 bridgehead atoms. The van der Waals surface area contributed by atoms with Crippen molar-refractivity contribution in [2.45, 2.75) is 6.04 Å². The zero-order chi connectivity index (χ0) is 15.5. The Morgan fingerprint density at radius 1 is 1.32 bits per heavy atom. The molecule has 0 saturated carbocycles. The van der Waals surface area contributed by atoms with Crippen LogP contribution in [0.1, 0.15) is 20.7 Å². The summed E-state index contributed by atoms with van der Waals surface area (Å²) in [5, 5.41) is 3.09. The molecule has 1 N–H and O–H groups in total. The van der Waals surface area contributed by atoms with Crippen LogP contribution in [0.3, 0.4) is 0 Å². The topological polar surface area (TPSA) is 75.2 Å². The molecule has 2 heterocycles. The van der Waals surface area contributed by atoms with E-state index in [1.165, 1.54) is 17.0 Å². The molecule has 0 atom stereocenters. The fraction of sp³-hybridized carbons (Fsp3) is 0.200. The van der Waals surface area contributed by atoms with Crippen LogP contribution in [-0.4, -0.2) is 46.2 Å². The number of nitrogens with zero attached hydrogens (tertiary/aromatic N) is 3. The molecule has 112 valence electrons. The van der Waals surface area contributed by atoms with E-state index < -0.39 is 11.7 Å². The lowest BCUT2D eigenvalue weighted by Crippen LogP contribution is -2.57. The van der Waals surface area contributed by atoms with E-state index in [0.29, 0.717) is 25.3 Å². The lowest BCUT2D eigenvalue weighted by atomic mass is 10.0. The van der Waals surface area contributed by atoms with E-state index in [1.807, 2.05) is 0 Å². The van der Waals surface area contributed by atoms with Crippen molar-refractivity contribution in [1.29, 1.82) is 0 Å². The van der Waals surface area contributed by atoms with Gasteiger partial charge in [0.05, 0.1) is 11.6 Å². The zero-order valence-electron chi connectivity index (χ0n) is 11.6. The first-order valence-electron chi connectivity index (χ1n) is 6.75. The van der Waals surface area contributed by atoms with Crippen molar-refractivity contribution in [3.05, 3.63) is 53.6 Å². The molecule has 22 heavy (non-hydrogen) atoms. The van der Waals surface area contributed by atoms with Crippen molar-refractivity contribution in [3.8, 4) is 0 Å². The molecule has 1 aromatic carbocycles. The van der Waals surface area contributed by atoms with E-state index in [1.54, 1.807) is 18.5 Å². The lowest BCUT2D eigenvalue weighted by molar-refractivity contribution is 0.0619. The molecule has 0 radical (unpaired) electrons. The van der Waals surface area contributed by atoms with Crippen LogP contribution in [0.5, 0.6) is 0 Å². The van der Waals surface area contributed by atoms with Gasteiger partial charge in [-0.2, -0.15) is 0 Å². The van der Waals surface area contributed by atoms with E-state index >= 15 is 0 Å². The van der Waals surface area contributed by atoms with Gasteiger partial charge in [-0.1, -0.05) is 0 Å². The van der Waals surface area contributed by atoms with Gasteiger partial charge in [0.2, 0.25) is 5.95 Å². The Balaban J connectivity index is 1.63. The predicted molar refractivity (Wildman–Crippen MR) is 77.1 cm³/mol. The number of aromatic nitrogens is 2. The highest BCUT2D eigenvalue weighted by Gasteiger charge is 2.32. The molecule has 1 aliphatic heterocycles. The first-order chi connectivity index (χ1) is 10.7. The normalized spacial score (nSPS) is 14.3. The third-order valence-electron chi connectivity index (χ3n) is 3.42. The summed E-state index contributed by atoms with van der Waals surface area (Å²) in [5.41, 5.74) is 0.191. The Labute approximate surface area is 126 Å². The predicted octanol–water partition coefficient (Wildman–Crippen LogP) is 1.36. The fourth-order valence-corrected chi connectivity index (χ4v) is 2.24. The number of likely N-dealkylation sites (tertiary alicyclic amines) is 1. The summed E-state index contributed by atoms with van der Waals surface area (Å²) in [6, 6.07) is 5.48. The van der Waals surface area contributed by atoms with Crippen molar-refractivity contribution >= 4 is 18.1 Å². The summed E-state index contributed by atoms with van der Waals surface area (Å²) < 4.78 is 13.7. The minimum absolute atomic E-state index is 0.0312. The van der Waals surface area contributed by atoms with Gasteiger partial charge in [0, 0.05) is 31.0 Å². The van der Waals surface area contributed by atoms with Gasteiger partial charge in [-0.25, -0.2) is 14.4 Å². The van der Waals surface area contributed by atoms with Gasteiger partial charge in [0.25, 0.3) is 5.91 Å². The van der Waals surface area contributed by atoms with Gasteiger partial charge in [0.15, 0.2) is 0 Å². The third-order valence-corrected chi connectivity index (χ3v) is 3.42. The first-order valence-corrected chi connectivity index (χ1v) is 6.75. The quantitative estimate of drug-likeness (QED) is 0.863. The van der Waals surface area contributed by atoms with Crippen LogP contribution in [0.25, 0.3) is 0 Å². The maximum absolute atomic E-state index is 13.7. The summed E-state index contributed by atoms with van der Waals surface area (Å²) in [6.07, 6.45) is 3.83. The average molecular weight is 300 g/mol. The number of nitrogens with one attached hydrogen (secondary N) is 1. The maximum Gasteiger partial charge on any atom is 0.256 e. The van der Waals surface area contributed by atoms with Gasteiger partial charge in [-0.3, -0.25) is 9.59 Å². The Morgan fingerprint density at radius 2 is 2.05 bits per heavy atom. The second-order valence-corrected chi connectivity index (χ2v) is 4.98. The SMILES string of the molecule is O=Cc1ccc(F)c(C(=O)N2CC(Nc3ncccn3)C2)c1. The lowest BCUT2D eigenvalue weighted by Gasteiger charge is -2.39. The van der Waals surface area contributed by atoms with E-state index in [-0.39, 0.29) is 17.2 Å². The molecule has 1 amide bonds. The molecule has 6 nitrogen and oxygen atoms in total. The molecular weight excluding hydrogens is 287 g/mol. The Morgan fingerprint density at radius 3 is 2.73 bits per heavy atom. The highest BCUT2D eigenvalue weighted by Crippen LogP contribution is 2.18. The maximum atomic E-state index is 13.7. The summed E-state index contributed by atoms with van der Waals surface area (Å²) in [5.74, 6) is -0.555. The van der Waals surface area contributed by atoms with E-state index in [4.69, 9.17) is 0 Å². The van der Waals surface area contributed by atoms with Gasteiger partial charge >= 0.3 is 0 Å². The number of benzene rings is 1. The second-order valence-electron chi connectivity index (χ2n) is 4.98. The van der Waals surface area contributed by atoms with Crippen LogP contribution >= 0.6 is 0 Å². The van der Waals surface area contributed by atoms with Crippen molar-refractivity contribution in [1.82, 2.24) is 14.9 Å². The number of halogens is 1. The summed E-state index contributed by atoms with van der Waals surface area (Å²) in [7, 11) is 0. The number of aldehydes is 1. The van der Waals surface area contributed by atoms with Crippen LogP contribution in [-0.2, 0) is 0 Å². The van der Waals surface area contributed by atoms with Crippen molar-refractivity contribution in [2.75, 3.05) is 18.4 Å². The second kappa shape index (κ2) is 5.88. The Bertz CT molecular complexity index is 702. The molecule has 1 fully saturated rings. The van der Waals surface area contributed by atoms with Crippen LogP contribution in [0.2, 0.25) is 0 Å². The monoisotopic (exact) mass is 300 g/mol. The number of hydrogen-bond acceptors (Lipinski definition) is 5. The van der Waals surface area contributed by atoms with Crippen molar-refractivity contribution in [3.63, 3.8) is 0 Å². The first kappa shape index (κ1) is 14.1. The standard InChI is InChI=1S/C15H13FN4O2/c16-13-3-2-10(9-21)6-12(13)14(22)20-7-11(8-20)19-15-17-4-1-5-18-15/h1-6,9,11H,7-8H2,(H,17,18,19). The molecule has 0 spiro atoms. The number of carbonyl (C=O) groups is 2. The van der Waals surface area contributed by atoms with Gasteiger partial charge < -0.3 is 10.2 Å². The van der Waals surface area contributed by atoms with Crippen LogP contribution < -0.4 is 5.32 Å². The van der Waals surface area contributed by atoms with Crippen molar-refractivity contribution < 1.29 is 14.0 Å². The van der Waals surface area contributed by atoms with Crippen LogP contribution in [0.4, 0.5) is 10.3 Å². The van der Waals surface area contributed by atoms with Crippen LogP contribution in [0.15, 0.2) is 36.7 Å². The fourth-order valence-electron chi connectivity index (χ4n) is 2.24. The third kappa shape index (κ3) is 2.78. The summed E-state index contributed by atoms with van der Waals surface area (Å²) >= 11 is 0. The van der Waals surface area contributed by atoms with E-state index in [2.05, 4.69) is 15.3 Å². The molecule has 1 aromatic heterocycles. The molecule has 1 saturated heterocycles. The Hall–Kier alpha value is -2.83. The number of anilines is 1. The van der Waals surface area contributed by atoms with Gasteiger partial charge in [-0.15, -0.1) is 0 Å². The minimum Gasteiger partial charge on any atom is -0.348 e. The molecule has 0 unspecified atom stereocenters. The van der Waals surface area contributed by atoms with Gasteiger partial charge in [-0.05, 0) is 24.3 Å². The molecule has 1 aliphatic rings. The average Bonchev–Trinajstić information content (AvgIpc) is 2.51. The highest BCUT2D eigenvalue weighted by molar-refractivity contribution is 5.96. The largest absolute Gasteiger partial charge is 0.348 e. The molecule has 7 heteroatoms. The molecule has 2 aromatic rings. The molecule has 3 rings (SSSR count). The number of rotatable bonds is 4. The number of carbonyl (C=O) groups excluding carboxylic acids is 2. The zero-order valence-corrected chi connectivity index (χ0v) is 11.6. The summed E-state index contributed by atoms with van der Waals surface area (Å²) in [6.45, 7) is 0.865. The summed E-state index contributed by atoms with van der Waals surface area (Å²) in [4.78, 5) is 32.5. The van der Waals surface area contributed by atoms with E-state index in [9.17, 15) is 14.0 Å². The van der Waals surface area contributed by atoms with E-state index in [0.717, 1.165) is 6.07 Å². The van der Waals surface area contributed by atoms with Crippen LogP contribution in [0, 0.1) is 5.82 Å². The minimum atomic E-state index is -0.626. The smallest absolute Gasteiger partial charge is 0.256 e. The highest BCUT2D eigenvalue weighted by atomic mass is 19.1. The Kier molecular flexibility index (Phi) is 3.78. The number of hydrogen-bond donors (Lipinski definition) is 1. The molecular formula is C15H13FN4O2. The van der Waals surface area contributed by atoms with Crippen molar-refractivity contribution in [2.24, 2.45) is 0 Å². The molecule has 0 aliphatic carbocycles. The van der Waals surface area contributed by atoms with Gasteiger partial charge in [0.1, 0.15) is 12.1 Å².